The smallest absolute Gasteiger partial charge is 0.356 e. The Balaban J connectivity index is 2.78. The van der Waals surface area contributed by atoms with Gasteiger partial charge in [-0.3, -0.25) is 0 Å². The van der Waals surface area contributed by atoms with Crippen molar-refractivity contribution in [1.82, 2.24) is 9.88 Å². The first-order valence-electron chi connectivity index (χ1n) is 6.55. The molecule has 2 amide bonds. The topological polar surface area (TPSA) is 82.5 Å². The van der Waals surface area contributed by atoms with Crippen LogP contribution in [0.1, 0.15) is 37.7 Å². The van der Waals surface area contributed by atoms with E-state index in [0.29, 0.717) is 5.92 Å². The van der Waals surface area contributed by atoms with Gasteiger partial charge in [-0.1, -0.05) is 13.8 Å². The maximum absolute atomic E-state index is 12.1. The fourth-order valence-electron chi connectivity index (χ4n) is 1.92. The molecule has 0 aliphatic heterocycles. The van der Waals surface area contributed by atoms with E-state index in [1.165, 1.54) is 12.3 Å². The Bertz CT molecular complexity index is 488. The lowest BCUT2D eigenvalue weighted by Crippen LogP contribution is -2.39. The Morgan fingerprint density at radius 2 is 2.05 bits per heavy atom. The number of carbonyl (C=O) groups is 2. The first kappa shape index (κ1) is 15.9. The molecule has 0 aliphatic rings. The van der Waals surface area contributed by atoms with E-state index in [9.17, 15) is 9.59 Å². The summed E-state index contributed by atoms with van der Waals surface area (Å²) in [6.45, 7) is 6.14. The van der Waals surface area contributed by atoms with Crippen LogP contribution < -0.4 is 5.32 Å². The van der Waals surface area contributed by atoms with Gasteiger partial charge in [0.25, 0.3) is 0 Å². The minimum absolute atomic E-state index is 0.0694. The van der Waals surface area contributed by atoms with Crippen LogP contribution in [-0.4, -0.2) is 40.1 Å². The molecule has 0 radical (unpaired) electrons. The molecule has 6 heteroatoms. The van der Waals surface area contributed by atoms with Crippen LogP contribution >= 0.6 is 0 Å². The minimum atomic E-state index is -1.17. The van der Waals surface area contributed by atoms with Crippen LogP contribution in [0.5, 0.6) is 0 Å². The number of urea groups is 1. The highest BCUT2D eigenvalue weighted by Gasteiger charge is 2.19. The van der Waals surface area contributed by atoms with Gasteiger partial charge in [0.05, 0.1) is 5.69 Å². The molecule has 20 heavy (non-hydrogen) atoms. The van der Waals surface area contributed by atoms with Gasteiger partial charge in [-0.05, 0) is 31.4 Å². The summed E-state index contributed by atoms with van der Waals surface area (Å²) in [6, 6.07) is 2.84. The molecule has 6 nitrogen and oxygen atoms in total. The van der Waals surface area contributed by atoms with Crippen molar-refractivity contribution >= 4 is 17.7 Å². The van der Waals surface area contributed by atoms with E-state index in [1.54, 1.807) is 18.0 Å². The van der Waals surface area contributed by atoms with Gasteiger partial charge in [0.1, 0.15) is 0 Å². The summed E-state index contributed by atoms with van der Waals surface area (Å²) in [4.78, 5) is 28.4. The minimum Gasteiger partial charge on any atom is -0.476 e. The Hall–Kier alpha value is -2.11. The summed E-state index contributed by atoms with van der Waals surface area (Å²) in [6.07, 6.45) is 2.26. The predicted molar refractivity (Wildman–Crippen MR) is 76.9 cm³/mol. The average Bonchev–Trinajstić information content (AvgIpc) is 2.37. The first-order chi connectivity index (χ1) is 9.32. The lowest BCUT2D eigenvalue weighted by atomic mass is 10.0. The second kappa shape index (κ2) is 6.88. The number of aromatic nitrogens is 1. The molecule has 1 aromatic heterocycles. The fourth-order valence-corrected chi connectivity index (χ4v) is 1.92. The van der Waals surface area contributed by atoms with Crippen LogP contribution in [-0.2, 0) is 0 Å². The molecule has 0 saturated heterocycles. The highest BCUT2D eigenvalue weighted by atomic mass is 16.4. The Morgan fingerprint density at radius 3 is 2.60 bits per heavy atom. The van der Waals surface area contributed by atoms with Crippen molar-refractivity contribution < 1.29 is 14.7 Å². The second-order valence-corrected chi connectivity index (χ2v) is 5.22. The van der Waals surface area contributed by atoms with E-state index in [0.717, 1.165) is 6.42 Å². The normalized spacial score (nSPS) is 12.1. The van der Waals surface area contributed by atoms with Crippen LogP contribution in [0.2, 0.25) is 0 Å². The van der Waals surface area contributed by atoms with Crippen LogP contribution in [0.3, 0.4) is 0 Å². The SMILES string of the molecule is CC(C)CC(C)N(C)C(=O)Nc1cccnc1C(=O)O. The molecule has 0 bridgehead atoms. The van der Waals surface area contributed by atoms with Gasteiger partial charge in [-0.15, -0.1) is 0 Å². The van der Waals surface area contributed by atoms with Crippen LogP contribution in [0, 0.1) is 5.92 Å². The van der Waals surface area contributed by atoms with Crippen molar-refractivity contribution in [2.75, 3.05) is 12.4 Å². The molecule has 1 heterocycles. The molecule has 1 rings (SSSR count). The summed E-state index contributed by atoms with van der Waals surface area (Å²) in [5.74, 6) is -0.688. The number of pyridine rings is 1. The zero-order valence-electron chi connectivity index (χ0n) is 12.3. The van der Waals surface area contributed by atoms with Crippen molar-refractivity contribution in [1.29, 1.82) is 0 Å². The van der Waals surface area contributed by atoms with Crippen molar-refractivity contribution in [2.24, 2.45) is 5.92 Å². The summed E-state index contributed by atoms with van der Waals surface area (Å²) >= 11 is 0. The monoisotopic (exact) mass is 279 g/mol. The lowest BCUT2D eigenvalue weighted by Gasteiger charge is -2.26. The van der Waals surface area contributed by atoms with Gasteiger partial charge in [0.2, 0.25) is 0 Å². The number of nitrogens with zero attached hydrogens (tertiary/aromatic N) is 2. The zero-order valence-corrected chi connectivity index (χ0v) is 12.3. The average molecular weight is 279 g/mol. The number of rotatable bonds is 5. The van der Waals surface area contributed by atoms with Crippen molar-refractivity contribution in [3.05, 3.63) is 24.0 Å². The van der Waals surface area contributed by atoms with Gasteiger partial charge in [-0.2, -0.15) is 0 Å². The third kappa shape index (κ3) is 4.22. The van der Waals surface area contributed by atoms with E-state index < -0.39 is 5.97 Å². The summed E-state index contributed by atoms with van der Waals surface area (Å²) in [5.41, 5.74) is 0.0411. The third-order valence-corrected chi connectivity index (χ3v) is 3.05. The Labute approximate surface area is 118 Å². The summed E-state index contributed by atoms with van der Waals surface area (Å²) in [7, 11) is 1.69. The predicted octanol–water partition coefficient (Wildman–Crippen LogP) is 2.68. The highest BCUT2D eigenvalue weighted by Crippen LogP contribution is 2.15. The van der Waals surface area contributed by atoms with Gasteiger partial charge < -0.3 is 15.3 Å². The van der Waals surface area contributed by atoms with Crippen molar-refractivity contribution in [2.45, 2.75) is 33.2 Å². The van der Waals surface area contributed by atoms with Crippen LogP contribution in [0.4, 0.5) is 10.5 Å². The number of carbonyl (C=O) groups excluding carboxylic acids is 1. The molecule has 1 aromatic rings. The third-order valence-electron chi connectivity index (χ3n) is 3.05. The van der Waals surface area contributed by atoms with Crippen LogP contribution in [0.15, 0.2) is 18.3 Å². The van der Waals surface area contributed by atoms with E-state index in [-0.39, 0.29) is 23.5 Å². The maximum Gasteiger partial charge on any atom is 0.356 e. The number of hydrogen-bond donors (Lipinski definition) is 2. The standard InChI is InChI=1S/C14H21N3O3/c1-9(2)8-10(3)17(4)14(20)16-11-6-5-7-15-12(11)13(18)19/h5-7,9-10H,8H2,1-4H3,(H,16,20)(H,18,19). The lowest BCUT2D eigenvalue weighted by molar-refractivity contribution is 0.0691. The number of nitrogens with one attached hydrogen (secondary N) is 1. The molecular formula is C14H21N3O3. The van der Waals surface area contributed by atoms with E-state index in [1.807, 2.05) is 6.92 Å². The van der Waals surface area contributed by atoms with Gasteiger partial charge in [0, 0.05) is 19.3 Å². The Morgan fingerprint density at radius 1 is 1.40 bits per heavy atom. The molecule has 0 saturated carbocycles. The Kier molecular flexibility index (Phi) is 5.49. The molecule has 110 valence electrons. The summed E-state index contributed by atoms with van der Waals surface area (Å²) in [5, 5.41) is 11.6. The number of carboxylic acids is 1. The number of hydrogen-bond acceptors (Lipinski definition) is 3. The largest absolute Gasteiger partial charge is 0.476 e. The molecular weight excluding hydrogens is 258 g/mol. The van der Waals surface area contributed by atoms with Crippen LogP contribution in [0.25, 0.3) is 0 Å². The summed E-state index contributed by atoms with van der Waals surface area (Å²) < 4.78 is 0. The van der Waals surface area contributed by atoms with E-state index in [4.69, 9.17) is 5.11 Å². The number of anilines is 1. The molecule has 0 spiro atoms. The second-order valence-electron chi connectivity index (χ2n) is 5.22. The molecule has 0 aliphatic carbocycles. The molecule has 1 unspecified atom stereocenters. The van der Waals surface area contributed by atoms with Crippen molar-refractivity contribution in [3.63, 3.8) is 0 Å². The fraction of sp³-hybridized carbons (Fsp3) is 0.500. The van der Waals surface area contributed by atoms with Gasteiger partial charge in [0.15, 0.2) is 5.69 Å². The van der Waals surface area contributed by atoms with E-state index >= 15 is 0 Å². The molecule has 0 fully saturated rings. The molecule has 1 atom stereocenters. The van der Waals surface area contributed by atoms with Crippen molar-refractivity contribution in [3.8, 4) is 0 Å². The highest BCUT2D eigenvalue weighted by molar-refractivity contribution is 5.98. The number of carboxylic acid groups (broad SMARTS) is 1. The number of amides is 2. The maximum atomic E-state index is 12.1. The zero-order chi connectivity index (χ0) is 15.3. The molecule has 0 aromatic carbocycles. The molecule has 2 N–H and O–H groups in total. The first-order valence-corrected chi connectivity index (χ1v) is 6.55. The van der Waals surface area contributed by atoms with Gasteiger partial charge in [-0.25, -0.2) is 14.6 Å². The quantitative estimate of drug-likeness (QED) is 0.868. The van der Waals surface area contributed by atoms with E-state index in [2.05, 4.69) is 24.1 Å². The van der Waals surface area contributed by atoms with Gasteiger partial charge >= 0.3 is 12.0 Å². The number of aromatic carboxylic acids is 1.